The van der Waals surface area contributed by atoms with Crippen LogP contribution in [-0.4, -0.2) is 72.4 Å². The molecular weight excluding hydrogens is 482 g/mol. The summed E-state index contributed by atoms with van der Waals surface area (Å²) in [6.07, 6.45) is 2.38. The molecule has 2 aromatic carbocycles. The Bertz CT molecular complexity index is 1080. The molecule has 0 aliphatic carbocycles. The fourth-order valence-corrected chi connectivity index (χ4v) is 4.53. The number of nitrogens with two attached hydrogens (primary N) is 1. The number of benzene rings is 2. The number of hydrogen-bond acceptors (Lipinski definition) is 6. The van der Waals surface area contributed by atoms with Gasteiger partial charge >= 0.3 is 6.03 Å². The first-order valence-electron chi connectivity index (χ1n) is 11.5. The second-order valence-corrected chi connectivity index (χ2v) is 9.21. The molecule has 5 N–H and O–H groups in total. The SMILES string of the molecule is COc1cccc(NC(=O)N[C@@H]2CCN(C(=O)CSC)[C@@H]2C(=O)N[C@H](Cc2ccccc2)C(N)=O)c1. The van der Waals surface area contributed by atoms with Crippen molar-refractivity contribution in [1.29, 1.82) is 0 Å². The van der Waals surface area contributed by atoms with Crippen LogP contribution in [0.15, 0.2) is 54.6 Å². The molecule has 3 atom stereocenters. The number of amides is 5. The van der Waals surface area contributed by atoms with E-state index in [1.54, 1.807) is 30.5 Å². The average Bonchev–Trinajstić information content (AvgIpc) is 3.28. The van der Waals surface area contributed by atoms with E-state index in [4.69, 9.17) is 10.5 Å². The van der Waals surface area contributed by atoms with Gasteiger partial charge in [-0.2, -0.15) is 11.8 Å². The Labute approximate surface area is 214 Å². The lowest BCUT2D eigenvalue weighted by molar-refractivity contribution is -0.138. The summed E-state index contributed by atoms with van der Waals surface area (Å²) >= 11 is 1.34. The number of methoxy groups -OCH3 is 1. The van der Waals surface area contributed by atoms with Gasteiger partial charge in [0.25, 0.3) is 0 Å². The Morgan fingerprint density at radius 2 is 1.89 bits per heavy atom. The van der Waals surface area contributed by atoms with Crippen molar-refractivity contribution in [2.75, 3.05) is 31.0 Å². The minimum atomic E-state index is -0.988. The number of rotatable bonds is 10. The number of likely N-dealkylation sites (tertiary alicyclic amines) is 1. The zero-order chi connectivity index (χ0) is 26.1. The molecule has 1 aliphatic heterocycles. The number of primary amides is 1. The van der Waals surface area contributed by atoms with E-state index in [9.17, 15) is 19.2 Å². The highest BCUT2D eigenvalue weighted by Crippen LogP contribution is 2.21. The van der Waals surface area contributed by atoms with E-state index in [0.717, 1.165) is 5.56 Å². The first-order valence-corrected chi connectivity index (χ1v) is 12.9. The van der Waals surface area contributed by atoms with Crippen LogP contribution in [0.5, 0.6) is 5.75 Å². The van der Waals surface area contributed by atoms with Crippen molar-refractivity contribution in [2.45, 2.75) is 31.0 Å². The highest BCUT2D eigenvalue weighted by Gasteiger charge is 2.43. The number of carbonyl (C=O) groups excluding carboxylic acids is 4. The predicted octanol–water partition coefficient (Wildman–Crippen LogP) is 1.36. The summed E-state index contributed by atoms with van der Waals surface area (Å²) in [4.78, 5) is 52.5. The third-order valence-corrected chi connectivity index (χ3v) is 6.38. The van der Waals surface area contributed by atoms with Crippen LogP contribution in [0, 0.1) is 0 Å². The Morgan fingerprint density at radius 1 is 1.14 bits per heavy atom. The molecule has 1 saturated heterocycles. The summed E-state index contributed by atoms with van der Waals surface area (Å²) in [5.74, 6) is -0.689. The van der Waals surface area contributed by atoms with Gasteiger partial charge in [-0.1, -0.05) is 36.4 Å². The molecule has 3 rings (SSSR count). The van der Waals surface area contributed by atoms with Gasteiger partial charge in [0.15, 0.2) is 0 Å². The van der Waals surface area contributed by atoms with Crippen LogP contribution in [0.4, 0.5) is 10.5 Å². The van der Waals surface area contributed by atoms with Gasteiger partial charge in [0.05, 0.1) is 18.9 Å². The molecule has 1 fully saturated rings. The van der Waals surface area contributed by atoms with Crippen molar-refractivity contribution in [3.63, 3.8) is 0 Å². The first-order chi connectivity index (χ1) is 17.3. The van der Waals surface area contributed by atoms with Gasteiger partial charge in [0.2, 0.25) is 17.7 Å². The average molecular weight is 514 g/mol. The Balaban J connectivity index is 1.75. The number of nitrogens with zero attached hydrogens (tertiary/aromatic N) is 1. The topological polar surface area (TPSA) is 143 Å². The normalized spacial score (nSPS) is 17.7. The summed E-state index contributed by atoms with van der Waals surface area (Å²) in [5, 5.41) is 8.23. The molecule has 0 aromatic heterocycles. The Morgan fingerprint density at radius 3 is 2.56 bits per heavy atom. The van der Waals surface area contributed by atoms with Crippen LogP contribution in [0.25, 0.3) is 0 Å². The molecule has 1 aliphatic rings. The lowest BCUT2D eigenvalue weighted by Crippen LogP contribution is -2.58. The Kier molecular flexibility index (Phi) is 9.57. The molecular formula is C25H31N5O5S. The number of anilines is 1. The molecule has 36 heavy (non-hydrogen) atoms. The van der Waals surface area contributed by atoms with Crippen LogP contribution in [0.3, 0.4) is 0 Å². The monoisotopic (exact) mass is 513 g/mol. The molecule has 0 saturated carbocycles. The summed E-state index contributed by atoms with van der Waals surface area (Å²) < 4.78 is 5.17. The van der Waals surface area contributed by atoms with E-state index in [2.05, 4.69) is 16.0 Å². The molecule has 0 unspecified atom stereocenters. The third-order valence-electron chi connectivity index (χ3n) is 5.84. The van der Waals surface area contributed by atoms with Crippen LogP contribution >= 0.6 is 11.8 Å². The predicted molar refractivity (Wildman–Crippen MR) is 139 cm³/mol. The molecule has 0 spiro atoms. The second-order valence-electron chi connectivity index (χ2n) is 8.34. The molecule has 0 bridgehead atoms. The number of carbonyl (C=O) groups is 4. The fourth-order valence-electron chi connectivity index (χ4n) is 4.12. The molecule has 1 heterocycles. The molecule has 5 amide bonds. The van der Waals surface area contributed by atoms with Gasteiger partial charge in [0.1, 0.15) is 17.8 Å². The largest absolute Gasteiger partial charge is 0.497 e. The number of thioether (sulfide) groups is 1. The van der Waals surface area contributed by atoms with Crippen LogP contribution in [0.2, 0.25) is 0 Å². The first kappa shape index (κ1) is 26.9. The lowest BCUT2D eigenvalue weighted by atomic mass is 10.0. The van der Waals surface area contributed by atoms with Crippen molar-refractivity contribution in [3.8, 4) is 5.75 Å². The minimum Gasteiger partial charge on any atom is -0.497 e. The van der Waals surface area contributed by atoms with E-state index in [1.807, 2.05) is 30.3 Å². The van der Waals surface area contributed by atoms with Gasteiger partial charge in [-0.25, -0.2) is 4.79 Å². The van der Waals surface area contributed by atoms with Crippen molar-refractivity contribution in [2.24, 2.45) is 5.73 Å². The smallest absolute Gasteiger partial charge is 0.319 e. The third kappa shape index (κ3) is 7.14. The molecule has 2 aromatic rings. The molecule has 0 radical (unpaired) electrons. The maximum atomic E-state index is 13.4. The number of urea groups is 1. The maximum absolute atomic E-state index is 13.4. The van der Waals surface area contributed by atoms with Crippen molar-refractivity contribution in [1.82, 2.24) is 15.5 Å². The minimum absolute atomic E-state index is 0.190. The summed E-state index contributed by atoms with van der Waals surface area (Å²) in [5.41, 5.74) is 6.91. The zero-order valence-electron chi connectivity index (χ0n) is 20.2. The van der Waals surface area contributed by atoms with Crippen LogP contribution < -0.4 is 26.4 Å². The van der Waals surface area contributed by atoms with E-state index < -0.39 is 36.0 Å². The van der Waals surface area contributed by atoms with Gasteiger partial charge in [0, 0.05) is 24.7 Å². The summed E-state index contributed by atoms with van der Waals surface area (Å²) in [6, 6.07) is 12.9. The van der Waals surface area contributed by atoms with Gasteiger partial charge < -0.3 is 31.3 Å². The molecule has 10 nitrogen and oxygen atoms in total. The summed E-state index contributed by atoms with van der Waals surface area (Å²) in [6.45, 7) is 0.293. The fraction of sp³-hybridized carbons (Fsp3) is 0.360. The second kappa shape index (κ2) is 12.8. The highest BCUT2D eigenvalue weighted by molar-refractivity contribution is 7.99. The van der Waals surface area contributed by atoms with Gasteiger partial charge in [-0.05, 0) is 30.4 Å². The Hall–Kier alpha value is -3.73. The van der Waals surface area contributed by atoms with Crippen molar-refractivity contribution >= 4 is 41.2 Å². The summed E-state index contributed by atoms with van der Waals surface area (Å²) in [7, 11) is 1.53. The van der Waals surface area contributed by atoms with Crippen LogP contribution in [-0.2, 0) is 20.8 Å². The zero-order valence-corrected chi connectivity index (χ0v) is 21.0. The molecule has 11 heteroatoms. The van der Waals surface area contributed by atoms with E-state index in [-0.39, 0.29) is 18.1 Å². The van der Waals surface area contributed by atoms with Gasteiger partial charge in [-0.15, -0.1) is 0 Å². The van der Waals surface area contributed by atoms with E-state index >= 15 is 0 Å². The quantitative estimate of drug-likeness (QED) is 0.378. The highest BCUT2D eigenvalue weighted by atomic mass is 32.2. The lowest BCUT2D eigenvalue weighted by Gasteiger charge is -2.29. The standard InChI is InChI=1S/C25H31N5O5S/c1-35-18-10-6-9-17(14-18)27-25(34)29-19-11-12-30(21(31)15-36-2)22(19)24(33)28-20(23(26)32)13-16-7-4-3-5-8-16/h3-10,14,19-20,22H,11-13,15H2,1-2H3,(H2,26,32)(H,28,33)(H2,27,29,34)/t19-,20-,22+/m1/s1. The maximum Gasteiger partial charge on any atom is 0.319 e. The van der Waals surface area contributed by atoms with Crippen molar-refractivity contribution in [3.05, 3.63) is 60.2 Å². The molecule has 192 valence electrons. The number of hydrogen-bond donors (Lipinski definition) is 4. The number of ether oxygens (including phenoxy) is 1. The van der Waals surface area contributed by atoms with Crippen LogP contribution in [0.1, 0.15) is 12.0 Å². The van der Waals surface area contributed by atoms with E-state index in [0.29, 0.717) is 24.4 Å². The van der Waals surface area contributed by atoms with Crippen molar-refractivity contribution < 1.29 is 23.9 Å². The van der Waals surface area contributed by atoms with Gasteiger partial charge in [-0.3, -0.25) is 14.4 Å². The van der Waals surface area contributed by atoms with E-state index in [1.165, 1.54) is 23.8 Å². The number of nitrogens with one attached hydrogen (secondary N) is 3.